The lowest BCUT2D eigenvalue weighted by molar-refractivity contribution is -0.384. The van der Waals surface area contributed by atoms with E-state index in [1.807, 2.05) is 6.07 Å². The first-order valence-corrected chi connectivity index (χ1v) is 8.78. The molecule has 7 N–H and O–H groups in total. The number of amides is 1. The van der Waals surface area contributed by atoms with Crippen molar-refractivity contribution in [2.24, 2.45) is 11.6 Å². The van der Waals surface area contributed by atoms with Gasteiger partial charge in [-0.05, 0) is 30.1 Å². The van der Waals surface area contributed by atoms with Crippen molar-refractivity contribution in [2.75, 3.05) is 11.9 Å². The molecule has 0 unspecified atom stereocenters. The molecule has 27 heavy (non-hydrogen) atoms. The molecule has 0 aliphatic rings. The van der Waals surface area contributed by atoms with Gasteiger partial charge in [0.2, 0.25) is 5.91 Å². The molecule has 0 aliphatic heterocycles. The van der Waals surface area contributed by atoms with E-state index < -0.39 is 4.92 Å². The maximum absolute atomic E-state index is 12.1. The van der Waals surface area contributed by atoms with Gasteiger partial charge in [-0.1, -0.05) is 18.2 Å². The molecular weight excluding hydrogens is 368 g/mol. The fraction of sp³-hybridized carbons (Fsp3) is 0.118. The van der Waals surface area contributed by atoms with E-state index in [1.165, 1.54) is 30.3 Å². The summed E-state index contributed by atoms with van der Waals surface area (Å²) in [4.78, 5) is 23.1. The van der Waals surface area contributed by atoms with Gasteiger partial charge in [0.15, 0.2) is 0 Å². The Labute approximate surface area is 160 Å². The predicted octanol–water partition coefficient (Wildman–Crippen LogP) is 1.94. The summed E-state index contributed by atoms with van der Waals surface area (Å²) in [7, 11) is 0. The van der Waals surface area contributed by atoms with Crippen LogP contribution in [0.25, 0.3) is 5.70 Å². The number of nitrogens with zero attached hydrogens (tertiary/aromatic N) is 1. The standard InChI is InChI=1S/C17H20N6O3S/c18-15(11-20-19)14-3-1-2-4-16(14)22-17(24)9-10-21-27-13-7-5-12(6-8-13)23(25)26/h1-8,11,20-21H,9-10,18-19H2,(H,22,24)/b15-11-. The minimum Gasteiger partial charge on any atom is -0.397 e. The molecule has 0 radical (unpaired) electrons. The number of nitrogens with one attached hydrogen (secondary N) is 3. The summed E-state index contributed by atoms with van der Waals surface area (Å²) in [6.07, 6.45) is 1.68. The van der Waals surface area contributed by atoms with Crippen molar-refractivity contribution in [3.05, 3.63) is 70.4 Å². The molecule has 0 bridgehead atoms. The molecule has 142 valence electrons. The number of hydrazine groups is 1. The van der Waals surface area contributed by atoms with Crippen LogP contribution in [0.15, 0.2) is 59.6 Å². The number of rotatable bonds is 9. The van der Waals surface area contributed by atoms with Crippen LogP contribution in [0.3, 0.4) is 0 Å². The summed E-state index contributed by atoms with van der Waals surface area (Å²) in [6, 6.07) is 13.3. The topological polar surface area (TPSA) is 148 Å². The molecule has 2 aromatic rings. The fourth-order valence-corrected chi connectivity index (χ4v) is 2.80. The number of nitro groups is 1. The van der Waals surface area contributed by atoms with Crippen LogP contribution in [0.5, 0.6) is 0 Å². The Kier molecular flexibility index (Phi) is 7.62. The Bertz CT molecular complexity index is 826. The highest BCUT2D eigenvalue weighted by molar-refractivity contribution is 7.97. The Morgan fingerprint density at radius 1 is 1.19 bits per heavy atom. The second-order valence-corrected chi connectivity index (χ2v) is 6.32. The first-order chi connectivity index (χ1) is 13.0. The molecule has 0 aromatic heterocycles. The van der Waals surface area contributed by atoms with E-state index in [0.717, 1.165) is 4.90 Å². The third-order valence-corrected chi connectivity index (χ3v) is 4.30. The summed E-state index contributed by atoms with van der Waals surface area (Å²) in [5, 5.41) is 13.4. The summed E-state index contributed by atoms with van der Waals surface area (Å²) >= 11 is 1.30. The zero-order chi connectivity index (χ0) is 19.6. The molecular formula is C17H20N6O3S. The minimum absolute atomic E-state index is 0.0375. The lowest BCUT2D eigenvalue weighted by Crippen LogP contribution is -2.20. The van der Waals surface area contributed by atoms with Gasteiger partial charge in [0, 0.05) is 41.8 Å². The molecule has 9 nitrogen and oxygen atoms in total. The van der Waals surface area contributed by atoms with Crippen LogP contribution < -0.4 is 27.0 Å². The number of para-hydroxylation sites is 1. The normalized spacial score (nSPS) is 11.1. The maximum atomic E-state index is 12.1. The molecule has 0 spiro atoms. The van der Waals surface area contributed by atoms with E-state index >= 15 is 0 Å². The second-order valence-electron chi connectivity index (χ2n) is 5.36. The number of hydrogen-bond acceptors (Lipinski definition) is 8. The molecule has 2 rings (SSSR count). The molecule has 10 heteroatoms. The molecule has 0 fully saturated rings. The van der Waals surface area contributed by atoms with Crippen LogP contribution >= 0.6 is 11.9 Å². The largest absolute Gasteiger partial charge is 0.397 e. The van der Waals surface area contributed by atoms with Gasteiger partial charge in [0.25, 0.3) is 5.69 Å². The van der Waals surface area contributed by atoms with Crippen LogP contribution in [-0.4, -0.2) is 17.4 Å². The van der Waals surface area contributed by atoms with E-state index in [1.54, 1.807) is 30.3 Å². The van der Waals surface area contributed by atoms with Crippen LogP contribution in [-0.2, 0) is 4.79 Å². The van der Waals surface area contributed by atoms with Crippen LogP contribution in [0.2, 0.25) is 0 Å². The molecule has 0 saturated heterocycles. The van der Waals surface area contributed by atoms with Gasteiger partial charge in [-0.2, -0.15) is 0 Å². The van der Waals surface area contributed by atoms with Gasteiger partial charge in [-0.25, -0.2) is 0 Å². The molecule has 2 aromatic carbocycles. The van der Waals surface area contributed by atoms with Crippen LogP contribution in [0, 0.1) is 10.1 Å². The molecule has 0 atom stereocenters. The summed E-state index contributed by atoms with van der Waals surface area (Å²) in [6.45, 7) is 0.422. The first-order valence-electron chi connectivity index (χ1n) is 7.96. The lowest BCUT2D eigenvalue weighted by Gasteiger charge is -2.11. The molecule has 0 aliphatic carbocycles. The number of carbonyl (C=O) groups is 1. The molecule has 1 amide bonds. The number of benzene rings is 2. The highest BCUT2D eigenvalue weighted by Gasteiger charge is 2.09. The average molecular weight is 388 g/mol. The quantitative estimate of drug-likeness (QED) is 0.144. The van der Waals surface area contributed by atoms with Gasteiger partial charge >= 0.3 is 0 Å². The smallest absolute Gasteiger partial charge is 0.269 e. The van der Waals surface area contributed by atoms with Gasteiger partial charge in [0.1, 0.15) is 0 Å². The van der Waals surface area contributed by atoms with Gasteiger partial charge in [-0.3, -0.25) is 25.5 Å². The summed E-state index contributed by atoms with van der Waals surface area (Å²) in [5.74, 6) is 5.06. The van der Waals surface area contributed by atoms with E-state index in [0.29, 0.717) is 23.5 Å². The van der Waals surface area contributed by atoms with Gasteiger partial charge in [0.05, 0.1) is 16.3 Å². The Morgan fingerprint density at radius 3 is 2.56 bits per heavy atom. The third kappa shape index (κ3) is 6.29. The van der Waals surface area contributed by atoms with E-state index in [9.17, 15) is 14.9 Å². The van der Waals surface area contributed by atoms with Crippen molar-refractivity contribution in [3.8, 4) is 0 Å². The number of nitrogens with two attached hydrogens (primary N) is 2. The van der Waals surface area contributed by atoms with Crippen LogP contribution in [0.4, 0.5) is 11.4 Å². The zero-order valence-electron chi connectivity index (χ0n) is 14.3. The SMILES string of the molecule is NN/C=C(\N)c1ccccc1NC(=O)CCNSc1ccc([N+](=O)[O-])cc1. The lowest BCUT2D eigenvalue weighted by atomic mass is 10.1. The Hall–Kier alpha value is -3.08. The second kappa shape index (κ2) is 10.2. The highest BCUT2D eigenvalue weighted by atomic mass is 32.2. The number of carbonyl (C=O) groups excluding carboxylic acids is 1. The van der Waals surface area contributed by atoms with E-state index in [4.69, 9.17) is 11.6 Å². The first kappa shape index (κ1) is 20.2. The van der Waals surface area contributed by atoms with Crippen molar-refractivity contribution >= 4 is 34.9 Å². The average Bonchev–Trinajstić information content (AvgIpc) is 2.66. The summed E-state index contributed by atoms with van der Waals surface area (Å²) in [5.41, 5.74) is 9.97. The number of non-ortho nitro benzene ring substituents is 1. The van der Waals surface area contributed by atoms with Crippen molar-refractivity contribution in [1.29, 1.82) is 0 Å². The number of hydrogen-bond donors (Lipinski definition) is 5. The van der Waals surface area contributed by atoms with Gasteiger partial charge in [-0.15, -0.1) is 0 Å². The summed E-state index contributed by atoms with van der Waals surface area (Å²) < 4.78 is 3.05. The Balaban J connectivity index is 1.82. The van der Waals surface area contributed by atoms with Crippen molar-refractivity contribution < 1.29 is 9.72 Å². The zero-order valence-corrected chi connectivity index (χ0v) is 15.2. The highest BCUT2D eigenvalue weighted by Crippen LogP contribution is 2.21. The van der Waals surface area contributed by atoms with Crippen molar-refractivity contribution in [1.82, 2.24) is 10.1 Å². The van der Waals surface area contributed by atoms with E-state index in [-0.39, 0.29) is 18.0 Å². The van der Waals surface area contributed by atoms with Gasteiger partial charge < -0.3 is 16.5 Å². The Morgan fingerprint density at radius 2 is 1.89 bits per heavy atom. The van der Waals surface area contributed by atoms with E-state index in [2.05, 4.69) is 15.5 Å². The fourth-order valence-electron chi connectivity index (χ4n) is 2.16. The van der Waals surface area contributed by atoms with Crippen LogP contribution in [0.1, 0.15) is 12.0 Å². The van der Waals surface area contributed by atoms with Crippen molar-refractivity contribution in [3.63, 3.8) is 0 Å². The van der Waals surface area contributed by atoms with Crippen molar-refractivity contribution in [2.45, 2.75) is 11.3 Å². The number of nitro benzene ring substituents is 1. The number of anilines is 1. The molecule has 0 heterocycles. The monoisotopic (exact) mass is 388 g/mol. The predicted molar refractivity (Wildman–Crippen MR) is 106 cm³/mol. The third-order valence-electron chi connectivity index (χ3n) is 3.44. The minimum atomic E-state index is -0.449. The maximum Gasteiger partial charge on any atom is 0.269 e. The molecule has 0 saturated carbocycles.